The summed E-state index contributed by atoms with van der Waals surface area (Å²) in [6, 6.07) is 0. The normalized spacial score (nSPS) is 21.2. The van der Waals surface area contributed by atoms with Gasteiger partial charge in [-0.2, -0.15) is 0 Å². The summed E-state index contributed by atoms with van der Waals surface area (Å²) in [6.45, 7) is 4.48. The summed E-state index contributed by atoms with van der Waals surface area (Å²) in [5.74, 6) is 0.253. The fourth-order valence-electron chi connectivity index (χ4n) is 3.04. The Balaban J connectivity index is 1.54. The second-order valence-electron chi connectivity index (χ2n) is 5.97. The number of hydrogen-bond donors (Lipinski definition) is 0. The van der Waals surface area contributed by atoms with E-state index in [0.29, 0.717) is 12.0 Å². The van der Waals surface area contributed by atoms with Gasteiger partial charge in [-0.25, -0.2) is 4.98 Å². The van der Waals surface area contributed by atoms with E-state index in [2.05, 4.69) is 9.88 Å². The zero-order valence-corrected chi connectivity index (χ0v) is 12.3. The van der Waals surface area contributed by atoms with E-state index in [1.54, 1.807) is 11.3 Å². The molecule has 1 spiro atoms. The monoisotopic (exact) mass is 280 g/mol. The molecule has 6 heteroatoms. The van der Waals surface area contributed by atoms with E-state index in [4.69, 9.17) is 0 Å². The molecule has 5 nitrogen and oxygen atoms in total. The van der Waals surface area contributed by atoms with Crippen molar-refractivity contribution in [1.29, 1.82) is 0 Å². The van der Waals surface area contributed by atoms with Gasteiger partial charge in [0, 0.05) is 43.2 Å². The van der Waals surface area contributed by atoms with Gasteiger partial charge in [-0.3, -0.25) is 4.79 Å². The highest BCUT2D eigenvalue weighted by Crippen LogP contribution is 2.41. The molecule has 0 saturated carbocycles. The molecule has 0 bridgehead atoms. The quantitative estimate of drug-likeness (QED) is 0.819. The number of nitrogens with zero attached hydrogens (tertiary/aromatic N) is 4. The second kappa shape index (κ2) is 4.76. The minimum Gasteiger partial charge on any atom is -0.347 e. The van der Waals surface area contributed by atoms with Crippen LogP contribution in [0.1, 0.15) is 6.42 Å². The molecule has 2 fully saturated rings. The number of rotatable bonds is 3. The van der Waals surface area contributed by atoms with Crippen LogP contribution >= 0.6 is 11.3 Å². The molecule has 104 valence electrons. The van der Waals surface area contributed by atoms with E-state index < -0.39 is 0 Å². The number of thiazole rings is 1. The third kappa shape index (κ3) is 2.47. The maximum atomic E-state index is 11.9. The Kier molecular flexibility index (Phi) is 3.22. The largest absolute Gasteiger partial charge is 0.347 e. The van der Waals surface area contributed by atoms with Crippen molar-refractivity contribution < 1.29 is 4.79 Å². The van der Waals surface area contributed by atoms with Crippen LogP contribution < -0.4 is 4.90 Å². The van der Waals surface area contributed by atoms with Crippen molar-refractivity contribution in [3.05, 3.63) is 11.6 Å². The number of carbonyl (C=O) groups is 1. The lowest BCUT2D eigenvalue weighted by Crippen LogP contribution is -2.60. The predicted octanol–water partition coefficient (Wildman–Crippen LogP) is 0.743. The van der Waals surface area contributed by atoms with Gasteiger partial charge in [0.05, 0.1) is 6.54 Å². The first-order valence-corrected chi connectivity index (χ1v) is 7.53. The number of likely N-dealkylation sites (tertiary alicyclic amines) is 1. The lowest BCUT2D eigenvalue weighted by molar-refractivity contribution is -0.142. The van der Waals surface area contributed by atoms with Crippen LogP contribution in [0.3, 0.4) is 0 Å². The average Bonchev–Trinajstić information content (AvgIpc) is 2.95. The Labute approximate surface area is 117 Å². The van der Waals surface area contributed by atoms with Crippen LogP contribution in [0.4, 0.5) is 5.13 Å². The summed E-state index contributed by atoms with van der Waals surface area (Å²) in [7, 11) is 3.88. The summed E-state index contributed by atoms with van der Waals surface area (Å²) in [6.07, 6.45) is 3.04. The van der Waals surface area contributed by atoms with Gasteiger partial charge in [0.1, 0.15) is 0 Å². The molecule has 3 heterocycles. The Morgan fingerprint density at radius 3 is 2.89 bits per heavy atom. The van der Waals surface area contributed by atoms with Crippen LogP contribution in [0, 0.1) is 5.41 Å². The average molecular weight is 280 g/mol. The van der Waals surface area contributed by atoms with E-state index in [-0.39, 0.29) is 5.91 Å². The molecule has 19 heavy (non-hydrogen) atoms. The van der Waals surface area contributed by atoms with E-state index >= 15 is 0 Å². The molecular formula is C13H20N4OS. The first-order chi connectivity index (χ1) is 9.08. The number of hydrogen-bond acceptors (Lipinski definition) is 5. The molecule has 2 aliphatic heterocycles. The number of anilines is 1. The van der Waals surface area contributed by atoms with E-state index in [1.807, 2.05) is 35.5 Å². The molecule has 1 amide bonds. The molecule has 0 atom stereocenters. The highest BCUT2D eigenvalue weighted by Gasteiger charge is 2.49. The number of aromatic nitrogens is 1. The molecule has 1 aromatic rings. The third-order valence-electron chi connectivity index (χ3n) is 3.98. The summed E-state index contributed by atoms with van der Waals surface area (Å²) >= 11 is 1.70. The lowest BCUT2D eigenvalue weighted by Gasteiger charge is -2.48. The molecule has 0 radical (unpaired) electrons. The van der Waals surface area contributed by atoms with Gasteiger partial charge in [-0.1, -0.05) is 0 Å². The van der Waals surface area contributed by atoms with Gasteiger partial charge in [0.25, 0.3) is 0 Å². The third-order valence-corrected chi connectivity index (χ3v) is 4.82. The Morgan fingerprint density at radius 2 is 2.26 bits per heavy atom. The first-order valence-electron chi connectivity index (χ1n) is 6.65. The molecule has 1 aromatic heterocycles. The van der Waals surface area contributed by atoms with Crippen LogP contribution in [0.25, 0.3) is 0 Å². The number of likely N-dealkylation sites (N-methyl/N-ethyl adjacent to an activating group) is 1. The van der Waals surface area contributed by atoms with Crippen molar-refractivity contribution in [3.8, 4) is 0 Å². The molecule has 0 aromatic carbocycles. The van der Waals surface area contributed by atoms with Gasteiger partial charge in [0.15, 0.2) is 5.13 Å². The SMILES string of the molecule is CN(C)CC(=O)N1CC2(CCN(c3nccs3)C2)C1. The maximum Gasteiger partial charge on any atom is 0.236 e. The van der Waals surface area contributed by atoms with E-state index in [0.717, 1.165) is 31.3 Å². The summed E-state index contributed by atoms with van der Waals surface area (Å²) < 4.78 is 0. The number of amides is 1. The van der Waals surface area contributed by atoms with Crippen molar-refractivity contribution >= 4 is 22.4 Å². The van der Waals surface area contributed by atoms with Crippen molar-refractivity contribution in [2.24, 2.45) is 5.41 Å². The molecule has 0 N–H and O–H groups in total. The molecule has 3 rings (SSSR count). The van der Waals surface area contributed by atoms with Gasteiger partial charge >= 0.3 is 0 Å². The Morgan fingerprint density at radius 1 is 1.47 bits per heavy atom. The molecule has 2 saturated heterocycles. The smallest absolute Gasteiger partial charge is 0.236 e. The van der Waals surface area contributed by atoms with Crippen LogP contribution in [0.2, 0.25) is 0 Å². The zero-order chi connectivity index (χ0) is 13.5. The molecule has 0 aliphatic carbocycles. The summed E-state index contributed by atoms with van der Waals surface area (Å²) in [5, 5.41) is 3.14. The summed E-state index contributed by atoms with van der Waals surface area (Å²) in [5.41, 5.74) is 0.327. The minimum atomic E-state index is 0.253. The van der Waals surface area contributed by atoms with Crippen molar-refractivity contribution in [1.82, 2.24) is 14.8 Å². The maximum absolute atomic E-state index is 11.9. The second-order valence-corrected chi connectivity index (χ2v) is 6.85. The highest BCUT2D eigenvalue weighted by atomic mass is 32.1. The van der Waals surface area contributed by atoms with Gasteiger partial charge < -0.3 is 14.7 Å². The van der Waals surface area contributed by atoms with Crippen molar-refractivity contribution in [2.75, 3.05) is 51.7 Å². The number of carbonyl (C=O) groups excluding carboxylic acids is 1. The van der Waals surface area contributed by atoms with Crippen LogP contribution in [0.15, 0.2) is 11.6 Å². The van der Waals surface area contributed by atoms with E-state index in [9.17, 15) is 4.79 Å². The topological polar surface area (TPSA) is 39.7 Å². The van der Waals surface area contributed by atoms with Crippen molar-refractivity contribution in [3.63, 3.8) is 0 Å². The summed E-state index contributed by atoms with van der Waals surface area (Å²) in [4.78, 5) is 22.6. The standard InChI is InChI=1S/C13H20N4OS/c1-15(2)7-11(18)17-9-13(10-17)3-5-16(8-13)12-14-4-6-19-12/h4,6H,3,5,7-10H2,1-2H3. The predicted molar refractivity (Wildman–Crippen MR) is 76.5 cm³/mol. The first kappa shape index (κ1) is 12.9. The zero-order valence-electron chi connectivity index (χ0n) is 11.5. The minimum absolute atomic E-state index is 0.253. The van der Waals surface area contributed by atoms with E-state index in [1.165, 1.54) is 6.42 Å². The Hall–Kier alpha value is -1.14. The van der Waals surface area contributed by atoms with Crippen LogP contribution in [-0.4, -0.2) is 67.5 Å². The highest BCUT2D eigenvalue weighted by molar-refractivity contribution is 7.13. The Bertz CT molecular complexity index is 453. The van der Waals surface area contributed by atoms with Gasteiger partial charge in [-0.15, -0.1) is 11.3 Å². The fourth-order valence-corrected chi connectivity index (χ4v) is 3.71. The van der Waals surface area contributed by atoms with Crippen LogP contribution in [-0.2, 0) is 4.79 Å². The van der Waals surface area contributed by atoms with Gasteiger partial charge in [0.2, 0.25) is 5.91 Å². The lowest BCUT2D eigenvalue weighted by atomic mass is 9.79. The molecule has 0 unspecified atom stereocenters. The fraction of sp³-hybridized carbons (Fsp3) is 0.692. The molecular weight excluding hydrogens is 260 g/mol. The van der Waals surface area contributed by atoms with Crippen molar-refractivity contribution in [2.45, 2.75) is 6.42 Å². The molecule has 2 aliphatic rings. The van der Waals surface area contributed by atoms with Gasteiger partial charge in [-0.05, 0) is 20.5 Å². The van der Waals surface area contributed by atoms with Crippen LogP contribution in [0.5, 0.6) is 0 Å².